The highest BCUT2D eigenvalue weighted by molar-refractivity contribution is 5.79. The number of benzene rings is 1. The minimum Gasteiger partial charge on any atom is -0.464 e. The number of hydrogen-bond donors (Lipinski definition) is 0. The van der Waals surface area contributed by atoms with E-state index in [4.69, 9.17) is 9.47 Å². The average Bonchev–Trinajstić information content (AvgIpc) is 2.97. The molecule has 0 bridgehead atoms. The molecule has 3 nitrogen and oxygen atoms in total. The van der Waals surface area contributed by atoms with Gasteiger partial charge in [-0.25, -0.2) is 13.6 Å². The SMILES string of the molecule is CCOC(=O)C1OC1(C)c1ccc(F)c(F)c1. The number of carbonyl (C=O) groups is 1. The van der Waals surface area contributed by atoms with E-state index in [2.05, 4.69) is 0 Å². The Morgan fingerprint density at radius 2 is 2.18 bits per heavy atom. The van der Waals surface area contributed by atoms with E-state index in [1.54, 1.807) is 13.8 Å². The molecule has 0 aromatic heterocycles. The molecule has 2 unspecified atom stereocenters. The molecule has 0 amide bonds. The Morgan fingerprint density at radius 1 is 1.47 bits per heavy atom. The zero-order chi connectivity index (χ0) is 12.6. The summed E-state index contributed by atoms with van der Waals surface area (Å²) < 4.78 is 35.9. The fourth-order valence-electron chi connectivity index (χ4n) is 1.73. The third kappa shape index (κ3) is 2.02. The normalized spacial score (nSPS) is 26.7. The van der Waals surface area contributed by atoms with E-state index in [1.807, 2.05) is 0 Å². The molecule has 1 aliphatic heterocycles. The first-order valence-electron chi connectivity index (χ1n) is 5.29. The Balaban J connectivity index is 2.19. The minimum atomic E-state index is -0.957. The predicted molar refractivity (Wildman–Crippen MR) is 55.2 cm³/mol. The van der Waals surface area contributed by atoms with Gasteiger partial charge >= 0.3 is 5.97 Å². The van der Waals surface area contributed by atoms with E-state index < -0.39 is 29.3 Å². The zero-order valence-corrected chi connectivity index (χ0v) is 9.50. The molecule has 0 saturated carbocycles. The zero-order valence-electron chi connectivity index (χ0n) is 9.50. The summed E-state index contributed by atoms with van der Waals surface area (Å²) in [5.74, 6) is -2.37. The van der Waals surface area contributed by atoms with Crippen LogP contribution in [0.1, 0.15) is 19.4 Å². The first kappa shape index (κ1) is 12.0. The van der Waals surface area contributed by atoms with Crippen LogP contribution in [-0.2, 0) is 19.9 Å². The van der Waals surface area contributed by atoms with Gasteiger partial charge in [-0.3, -0.25) is 0 Å². The molecule has 1 saturated heterocycles. The number of rotatable bonds is 3. The molecule has 0 spiro atoms. The second-order valence-corrected chi connectivity index (χ2v) is 3.99. The molecule has 0 N–H and O–H groups in total. The maximum absolute atomic E-state index is 13.1. The van der Waals surface area contributed by atoms with Crippen molar-refractivity contribution in [3.63, 3.8) is 0 Å². The van der Waals surface area contributed by atoms with Crippen LogP contribution in [0.4, 0.5) is 8.78 Å². The Hall–Kier alpha value is -1.49. The van der Waals surface area contributed by atoms with Crippen LogP contribution in [0.5, 0.6) is 0 Å². The van der Waals surface area contributed by atoms with Crippen LogP contribution in [0.25, 0.3) is 0 Å². The smallest absolute Gasteiger partial charge is 0.338 e. The van der Waals surface area contributed by atoms with Gasteiger partial charge in [-0.15, -0.1) is 0 Å². The van der Waals surface area contributed by atoms with Gasteiger partial charge in [0.2, 0.25) is 0 Å². The van der Waals surface area contributed by atoms with E-state index in [0.717, 1.165) is 12.1 Å². The third-order valence-electron chi connectivity index (χ3n) is 2.80. The number of ether oxygens (including phenoxy) is 2. The number of esters is 1. The molecule has 92 valence electrons. The topological polar surface area (TPSA) is 38.8 Å². The molecule has 2 rings (SSSR count). The highest BCUT2D eigenvalue weighted by Gasteiger charge is 2.59. The molecule has 5 heteroatoms. The van der Waals surface area contributed by atoms with Gasteiger partial charge in [0.15, 0.2) is 17.7 Å². The van der Waals surface area contributed by atoms with Gasteiger partial charge in [-0.1, -0.05) is 6.07 Å². The van der Waals surface area contributed by atoms with Crippen molar-refractivity contribution in [2.75, 3.05) is 6.61 Å². The molecule has 2 atom stereocenters. The monoisotopic (exact) mass is 242 g/mol. The summed E-state index contributed by atoms with van der Waals surface area (Å²) in [6.07, 6.45) is -0.743. The summed E-state index contributed by atoms with van der Waals surface area (Å²) in [5.41, 5.74) is -0.490. The highest BCUT2D eigenvalue weighted by Crippen LogP contribution is 2.46. The lowest BCUT2D eigenvalue weighted by atomic mass is 9.97. The lowest BCUT2D eigenvalue weighted by molar-refractivity contribution is -0.144. The summed E-state index contributed by atoms with van der Waals surface area (Å²) in [7, 11) is 0. The standard InChI is InChI=1S/C12H12F2O3/c1-3-16-11(15)10-12(2,17-10)7-4-5-8(13)9(14)6-7/h4-6,10H,3H2,1-2H3. The van der Waals surface area contributed by atoms with Crippen molar-refractivity contribution >= 4 is 5.97 Å². The molecule has 0 radical (unpaired) electrons. The number of epoxide rings is 1. The first-order chi connectivity index (χ1) is 7.99. The Labute approximate surface area is 97.3 Å². The molecule has 1 fully saturated rings. The van der Waals surface area contributed by atoms with E-state index in [0.29, 0.717) is 5.56 Å². The van der Waals surface area contributed by atoms with Crippen molar-refractivity contribution in [3.05, 3.63) is 35.4 Å². The molecular weight excluding hydrogens is 230 g/mol. The molecule has 17 heavy (non-hydrogen) atoms. The molecule has 1 aliphatic rings. The van der Waals surface area contributed by atoms with E-state index in [9.17, 15) is 13.6 Å². The number of halogens is 2. The van der Waals surface area contributed by atoms with Gasteiger partial charge in [0.05, 0.1) is 6.61 Å². The first-order valence-corrected chi connectivity index (χ1v) is 5.29. The predicted octanol–water partition coefficient (Wildman–Crippen LogP) is 2.14. The van der Waals surface area contributed by atoms with Crippen LogP contribution in [0.15, 0.2) is 18.2 Å². The highest BCUT2D eigenvalue weighted by atomic mass is 19.2. The second kappa shape index (κ2) is 4.07. The van der Waals surface area contributed by atoms with E-state index in [-0.39, 0.29) is 6.61 Å². The van der Waals surface area contributed by atoms with Crippen molar-refractivity contribution in [2.24, 2.45) is 0 Å². The van der Waals surface area contributed by atoms with Crippen LogP contribution < -0.4 is 0 Å². The van der Waals surface area contributed by atoms with Crippen LogP contribution in [0.2, 0.25) is 0 Å². The minimum absolute atomic E-state index is 0.257. The van der Waals surface area contributed by atoms with Gasteiger partial charge in [0.25, 0.3) is 0 Å². The van der Waals surface area contributed by atoms with Crippen molar-refractivity contribution < 1.29 is 23.0 Å². The lowest BCUT2D eigenvalue weighted by Gasteiger charge is -2.07. The van der Waals surface area contributed by atoms with E-state index >= 15 is 0 Å². The Kier molecular flexibility index (Phi) is 2.87. The lowest BCUT2D eigenvalue weighted by Crippen LogP contribution is -2.19. The summed E-state index contributed by atoms with van der Waals surface area (Å²) >= 11 is 0. The van der Waals surface area contributed by atoms with Gasteiger partial charge in [0.1, 0.15) is 5.60 Å². The van der Waals surface area contributed by atoms with Gasteiger partial charge < -0.3 is 9.47 Å². The van der Waals surface area contributed by atoms with Crippen LogP contribution in [0, 0.1) is 11.6 Å². The average molecular weight is 242 g/mol. The van der Waals surface area contributed by atoms with Crippen molar-refractivity contribution in [2.45, 2.75) is 25.6 Å². The van der Waals surface area contributed by atoms with Crippen LogP contribution in [0.3, 0.4) is 0 Å². The second-order valence-electron chi connectivity index (χ2n) is 3.99. The van der Waals surface area contributed by atoms with E-state index in [1.165, 1.54) is 6.07 Å². The number of hydrogen-bond acceptors (Lipinski definition) is 3. The van der Waals surface area contributed by atoms with Crippen molar-refractivity contribution in [1.29, 1.82) is 0 Å². The summed E-state index contributed by atoms with van der Waals surface area (Å²) in [6, 6.07) is 3.45. The summed E-state index contributed by atoms with van der Waals surface area (Å²) in [4.78, 5) is 11.4. The Bertz CT molecular complexity index is 461. The maximum atomic E-state index is 13.1. The molecule has 1 heterocycles. The fourth-order valence-corrected chi connectivity index (χ4v) is 1.73. The molecule has 1 aromatic carbocycles. The van der Waals surface area contributed by atoms with Gasteiger partial charge in [0, 0.05) is 0 Å². The largest absolute Gasteiger partial charge is 0.464 e. The van der Waals surface area contributed by atoms with Crippen LogP contribution in [-0.4, -0.2) is 18.7 Å². The van der Waals surface area contributed by atoms with Crippen molar-refractivity contribution in [3.8, 4) is 0 Å². The summed E-state index contributed by atoms with van der Waals surface area (Å²) in [6.45, 7) is 3.59. The molecule has 1 aromatic rings. The Morgan fingerprint density at radius 3 is 2.76 bits per heavy atom. The molecule has 0 aliphatic carbocycles. The van der Waals surface area contributed by atoms with Gasteiger partial charge in [-0.2, -0.15) is 0 Å². The van der Waals surface area contributed by atoms with Crippen LogP contribution >= 0.6 is 0 Å². The maximum Gasteiger partial charge on any atom is 0.338 e. The summed E-state index contributed by atoms with van der Waals surface area (Å²) in [5, 5.41) is 0. The third-order valence-corrected chi connectivity index (χ3v) is 2.80. The van der Waals surface area contributed by atoms with Crippen molar-refractivity contribution in [1.82, 2.24) is 0 Å². The van der Waals surface area contributed by atoms with Gasteiger partial charge in [-0.05, 0) is 31.5 Å². The quantitative estimate of drug-likeness (QED) is 0.602. The number of carbonyl (C=O) groups excluding carboxylic acids is 1. The molecular formula is C12H12F2O3. The fraction of sp³-hybridized carbons (Fsp3) is 0.417.